The molecule has 1 heterocycles. The molecule has 0 bridgehead atoms. The van der Waals surface area contributed by atoms with Gasteiger partial charge in [-0.1, -0.05) is 367 Å². The number of hydrogen-bond acceptors (Lipinski definition) is 2. The van der Waals surface area contributed by atoms with Gasteiger partial charge < -0.3 is 4.74 Å². The van der Waals surface area contributed by atoms with Crippen LogP contribution in [-0.4, -0.2) is 5.97 Å². The van der Waals surface area contributed by atoms with Crippen LogP contribution in [0.4, 0.5) is 0 Å². The van der Waals surface area contributed by atoms with Crippen molar-refractivity contribution in [3.8, 4) is 0 Å². The lowest BCUT2D eigenvalue weighted by atomic mass is 9.93. The summed E-state index contributed by atoms with van der Waals surface area (Å²) in [5.74, 6) is 1.10. The van der Waals surface area contributed by atoms with Crippen LogP contribution in [0.3, 0.4) is 0 Å². The summed E-state index contributed by atoms with van der Waals surface area (Å²) in [7, 11) is 0. The number of hydrogen-bond donors (Lipinski definition) is 0. The zero-order chi connectivity index (χ0) is 47.2. The molecule has 2 heteroatoms. The van der Waals surface area contributed by atoms with Gasteiger partial charge >= 0.3 is 5.97 Å². The summed E-state index contributed by atoms with van der Waals surface area (Å²) in [6.45, 7) is 4.62. The summed E-state index contributed by atoms with van der Waals surface area (Å²) in [6, 6.07) is 0. The maximum atomic E-state index is 12.1. The third kappa shape index (κ3) is 46.9. The van der Waals surface area contributed by atoms with E-state index >= 15 is 0 Å². The van der Waals surface area contributed by atoms with Gasteiger partial charge in [-0.25, -0.2) is 0 Å². The van der Waals surface area contributed by atoms with Gasteiger partial charge in [0.25, 0.3) is 0 Å². The highest BCUT2D eigenvalue weighted by Crippen LogP contribution is 2.32. The maximum Gasteiger partial charge on any atom is 0.321 e. The van der Waals surface area contributed by atoms with E-state index < -0.39 is 0 Å². The van der Waals surface area contributed by atoms with Gasteiger partial charge in [-0.2, -0.15) is 0 Å². The van der Waals surface area contributed by atoms with Gasteiger partial charge in [-0.3, -0.25) is 4.79 Å². The van der Waals surface area contributed by atoms with Gasteiger partial charge in [0.05, 0.1) is 0 Å². The smallest absolute Gasteiger partial charge is 0.321 e. The normalized spacial score (nSPS) is 14.4. The van der Waals surface area contributed by atoms with Gasteiger partial charge in [-0.15, -0.1) is 0 Å². The van der Waals surface area contributed by atoms with Gasteiger partial charge in [0, 0.05) is 0 Å². The number of ether oxygens (including phenoxy) is 1. The molecule has 1 saturated heterocycles. The molecule has 1 aliphatic rings. The summed E-state index contributed by atoms with van der Waals surface area (Å²) < 4.78 is 5.45. The lowest BCUT2D eigenvalue weighted by Gasteiger charge is -2.28. The topological polar surface area (TPSA) is 26.3 Å². The molecule has 0 aromatic rings. The van der Waals surface area contributed by atoms with Crippen LogP contribution in [0.1, 0.15) is 386 Å². The van der Waals surface area contributed by atoms with Crippen molar-refractivity contribution < 1.29 is 9.53 Å². The van der Waals surface area contributed by atoms with Gasteiger partial charge in [0.15, 0.2) is 0 Å². The number of esters is 1. The summed E-state index contributed by atoms with van der Waals surface area (Å²) in [5, 5.41) is 0. The molecule has 1 aliphatic heterocycles. The number of unbranched alkanes of at least 4 members (excludes halogenated alkanes) is 55. The van der Waals surface area contributed by atoms with E-state index in [1.807, 2.05) is 0 Å². The summed E-state index contributed by atoms with van der Waals surface area (Å²) in [4.78, 5) is 12.1. The summed E-state index contributed by atoms with van der Waals surface area (Å²) in [6.07, 6.45) is 84.9. The second kappa shape index (κ2) is 55.1. The Morgan fingerprint density at radius 3 is 0.652 bits per heavy atom. The highest BCUT2D eigenvalue weighted by atomic mass is 16.6. The lowest BCUT2D eigenvalue weighted by molar-refractivity contribution is -0.157. The molecule has 392 valence electrons. The van der Waals surface area contributed by atoms with E-state index in [0.717, 1.165) is 18.6 Å². The molecule has 1 fully saturated rings. The molecular formula is C64H124O2. The van der Waals surface area contributed by atoms with Gasteiger partial charge in [-0.05, 0) is 25.3 Å². The van der Waals surface area contributed by atoms with E-state index in [9.17, 15) is 4.79 Å². The summed E-state index contributed by atoms with van der Waals surface area (Å²) >= 11 is 0. The standard InChI is InChI=1S/C64H124O2/c1-3-5-7-9-11-13-15-17-19-21-23-25-27-29-31-33-35-37-39-41-43-45-47-49-51-53-55-57-59-61-63-62(64(65)66-63)60-58-56-54-52-50-48-46-44-42-40-38-36-34-32-30-28-26-24-22-20-18-16-14-12-10-8-6-4-2/h61-62H,3-60H2,1-2H3. The third-order valence-corrected chi connectivity index (χ3v) is 15.6. The van der Waals surface area contributed by atoms with E-state index in [4.69, 9.17) is 4.74 Å². The first-order valence-electron chi connectivity index (χ1n) is 31.7. The molecule has 1 unspecified atom stereocenters. The minimum absolute atomic E-state index is 0.0293. The van der Waals surface area contributed by atoms with Crippen molar-refractivity contribution in [3.05, 3.63) is 11.8 Å². The number of carbonyl (C=O) groups excluding carboxylic acids is 1. The third-order valence-electron chi connectivity index (χ3n) is 15.6. The Kier molecular flexibility index (Phi) is 52.8. The maximum absolute atomic E-state index is 12.1. The van der Waals surface area contributed by atoms with Crippen LogP contribution in [0.15, 0.2) is 11.8 Å². The van der Waals surface area contributed by atoms with Crippen LogP contribution in [0, 0.1) is 5.92 Å². The Balaban J connectivity index is 1.73. The Labute approximate surface area is 417 Å². The van der Waals surface area contributed by atoms with Crippen LogP contribution in [0.25, 0.3) is 0 Å². The second-order valence-corrected chi connectivity index (χ2v) is 22.2. The predicted octanol–water partition coefficient (Wildman–Crippen LogP) is 23.7. The molecule has 0 saturated carbocycles. The Morgan fingerprint density at radius 1 is 0.273 bits per heavy atom. The highest BCUT2D eigenvalue weighted by Gasteiger charge is 2.36. The zero-order valence-electron chi connectivity index (χ0n) is 46.0. The fourth-order valence-corrected chi connectivity index (χ4v) is 10.8. The Morgan fingerprint density at radius 2 is 0.455 bits per heavy atom. The Bertz CT molecular complexity index is 953. The predicted molar refractivity (Wildman–Crippen MR) is 297 cm³/mol. The number of carbonyl (C=O) groups is 1. The van der Waals surface area contributed by atoms with E-state index in [2.05, 4.69) is 19.9 Å². The highest BCUT2D eigenvalue weighted by molar-refractivity contribution is 5.82. The van der Waals surface area contributed by atoms with Crippen molar-refractivity contribution in [2.75, 3.05) is 0 Å². The van der Waals surface area contributed by atoms with Crippen molar-refractivity contribution in [2.24, 2.45) is 5.92 Å². The van der Waals surface area contributed by atoms with Crippen molar-refractivity contribution in [1.82, 2.24) is 0 Å². The van der Waals surface area contributed by atoms with Crippen LogP contribution < -0.4 is 0 Å². The largest absolute Gasteiger partial charge is 0.430 e. The molecule has 1 atom stereocenters. The molecular weight excluding hydrogens is 801 g/mol. The first-order valence-corrected chi connectivity index (χ1v) is 31.7. The summed E-state index contributed by atoms with van der Waals surface area (Å²) in [5.41, 5.74) is 0. The second-order valence-electron chi connectivity index (χ2n) is 22.2. The molecule has 0 spiro atoms. The minimum atomic E-state index is 0.0293. The monoisotopic (exact) mass is 925 g/mol. The molecule has 0 aromatic carbocycles. The van der Waals surface area contributed by atoms with Crippen LogP contribution in [-0.2, 0) is 9.53 Å². The molecule has 0 aromatic heterocycles. The molecule has 0 N–H and O–H groups in total. The molecule has 0 amide bonds. The van der Waals surface area contributed by atoms with Crippen molar-refractivity contribution in [1.29, 1.82) is 0 Å². The average Bonchev–Trinajstić information content (AvgIpc) is 3.32. The van der Waals surface area contributed by atoms with Crippen molar-refractivity contribution in [3.63, 3.8) is 0 Å². The fourth-order valence-electron chi connectivity index (χ4n) is 10.8. The van der Waals surface area contributed by atoms with Crippen LogP contribution >= 0.6 is 0 Å². The molecule has 1 rings (SSSR count). The Hall–Kier alpha value is -0.790. The van der Waals surface area contributed by atoms with Crippen molar-refractivity contribution >= 4 is 5.97 Å². The molecule has 0 radical (unpaired) electrons. The number of rotatable bonds is 58. The van der Waals surface area contributed by atoms with E-state index in [-0.39, 0.29) is 11.9 Å². The van der Waals surface area contributed by atoms with Crippen molar-refractivity contribution in [2.45, 2.75) is 386 Å². The first kappa shape index (κ1) is 63.2. The molecule has 0 aliphatic carbocycles. The van der Waals surface area contributed by atoms with Gasteiger partial charge in [0.2, 0.25) is 0 Å². The average molecular weight is 926 g/mol. The first-order chi connectivity index (χ1) is 32.8. The SMILES string of the molecule is CCCCCCCCCCCCCCCCCCCCCCCCCCCCCCC=C1OC(=O)C1CCCCCCCCCCCCCCCCCCCCCCCCCCCCCC. The van der Waals surface area contributed by atoms with E-state index in [1.165, 1.54) is 360 Å². The zero-order valence-corrected chi connectivity index (χ0v) is 46.0. The number of allylic oxidation sites excluding steroid dienone is 1. The van der Waals surface area contributed by atoms with E-state index in [0.29, 0.717) is 0 Å². The molecule has 2 nitrogen and oxygen atoms in total. The number of cyclic esters (lactones) is 1. The van der Waals surface area contributed by atoms with Crippen LogP contribution in [0.5, 0.6) is 0 Å². The fraction of sp³-hybridized carbons (Fsp3) is 0.953. The van der Waals surface area contributed by atoms with E-state index in [1.54, 1.807) is 0 Å². The van der Waals surface area contributed by atoms with Gasteiger partial charge in [0.1, 0.15) is 11.7 Å². The molecule has 66 heavy (non-hydrogen) atoms. The lowest BCUT2D eigenvalue weighted by Crippen LogP contribution is -2.32. The quantitative estimate of drug-likeness (QED) is 0.0449. The van der Waals surface area contributed by atoms with Crippen LogP contribution in [0.2, 0.25) is 0 Å². The minimum Gasteiger partial charge on any atom is -0.430 e.